The molecule has 1 aromatic heterocycles. The number of hydrogen-bond donors (Lipinski definition) is 3. The summed E-state index contributed by atoms with van der Waals surface area (Å²) in [5.74, 6) is 0.545. The number of rotatable bonds is 5. The Kier molecular flexibility index (Phi) is 5.61. The van der Waals surface area contributed by atoms with Gasteiger partial charge in [-0.25, -0.2) is 9.57 Å². The van der Waals surface area contributed by atoms with Crippen LogP contribution in [0.2, 0.25) is 0 Å². The fourth-order valence-corrected chi connectivity index (χ4v) is 3.55. The minimum absolute atomic E-state index is 0.00645. The largest absolute Gasteiger partial charge is 0.517 e. The Morgan fingerprint density at radius 3 is 2.79 bits per heavy atom. The third kappa shape index (κ3) is 4.41. The van der Waals surface area contributed by atoms with Crippen LogP contribution in [0.15, 0.2) is 44.3 Å². The molecule has 1 aromatic carbocycles. The van der Waals surface area contributed by atoms with E-state index in [0.29, 0.717) is 18.1 Å². The van der Waals surface area contributed by atoms with Crippen LogP contribution < -0.4 is 10.0 Å². The molecule has 0 spiro atoms. The quantitative estimate of drug-likeness (QED) is 0.506. The number of furan rings is 1. The molecule has 0 unspecified atom stereocenters. The Morgan fingerprint density at radius 2 is 2.17 bits per heavy atom. The number of hydrogen-bond acceptors (Lipinski definition) is 6. The summed E-state index contributed by atoms with van der Waals surface area (Å²) in [6.07, 6.45) is 2.24. The van der Waals surface area contributed by atoms with Gasteiger partial charge in [0.05, 0.1) is 18.5 Å². The summed E-state index contributed by atoms with van der Waals surface area (Å²) in [5, 5.41) is 12.9. The number of aliphatic imine (C=N–C) groups is 1. The van der Waals surface area contributed by atoms with Crippen LogP contribution >= 0.6 is 0 Å². The summed E-state index contributed by atoms with van der Waals surface area (Å²) in [4.78, 5) is 7.69. The summed E-state index contributed by atoms with van der Waals surface area (Å²) in [6.45, 7) is 13.1. The smallest absolute Gasteiger partial charge is 0.345 e. The number of phenolic OH excluding ortho intramolecular Hbond substituents is 1. The van der Waals surface area contributed by atoms with Crippen molar-refractivity contribution in [2.24, 2.45) is 9.39 Å². The van der Waals surface area contributed by atoms with E-state index in [-0.39, 0.29) is 28.8 Å². The van der Waals surface area contributed by atoms with Gasteiger partial charge in [-0.2, -0.15) is 8.42 Å². The Morgan fingerprint density at radius 1 is 1.41 bits per heavy atom. The van der Waals surface area contributed by atoms with Gasteiger partial charge in [0.1, 0.15) is 17.6 Å². The van der Waals surface area contributed by atoms with Crippen LogP contribution in [0.4, 0.5) is 11.4 Å². The predicted octanol–water partition coefficient (Wildman–Crippen LogP) is 3.87. The first kappa shape index (κ1) is 20.4. The summed E-state index contributed by atoms with van der Waals surface area (Å²) in [7, 11) is -3.97. The first-order chi connectivity index (χ1) is 13.7. The minimum atomic E-state index is -3.97. The van der Waals surface area contributed by atoms with E-state index < -0.39 is 16.3 Å². The van der Waals surface area contributed by atoms with Crippen molar-refractivity contribution in [3.8, 4) is 5.75 Å². The maximum absolute atomic E-state index is 12.0. The highest BCUT2D eigenvalue weighted by Crippen LogP contribution is 2.34. The van der Waals surface area contributed by atoms with Gasteiger partial charge in [-0.3, -0.25) is 4.99 Å². The molecule has 10 heteroatoms. The van der Waals surface area contributed by atoms with Gasteiger partial charge >= 0.3 is 10.2 Å². The molecule has 0 saturated carbocycles. The molecule has 0 aliphatic carbocycles. The van der Waals surface area contributed by atoms with Crippen LogP contribution in [0.25, 0.3) is 4.85 Å². The van der Waals surface area contributed by atoms with E-state index in [4.69, 9.17) is 11.0 Å². The van der Waals surface area contributed by atoms with Crippen molar-refractivity contribution in [3.05, 3.63) is 53.3 Å². The van der Waals surface area contributed by atoms with Crippen LogP contribution in [0.5, 0.6) is 5.75 Å². The van der Waals surface area contributed by atoms with Gasteiger partial charge in [0.2, 0.25) is 5.69 Å². The van der Waals surface area contributed by atoms with Crippen molar-refractivity contribution < 1.29 is 17.9 Å². The van der Waals surface area contributed by atoms with Gasteiger partial charge in [-0.05, 0) is 30.0 Å². The Hall–Kier alpha value is -3.32. The normalized spacial score (nSPS) is 17.6. The number of aromatic hydroxyl groups is 1. The Labute approximate surface area is 169 Å². The molecule has 0 fully saturated rings. The molecule has 1 aliphatic rings. The summed E-state index contributed by atoms with van der Waals surface area (Å²) in [5.41, 5.74) is 1.21. The number of nitrogens with one attached hydrogen (secondary N) is 2. The molecule has 2 aromatic rings. The van der Waals surface area contributed by atoms with Crippen molar-refractivity contribution in [1.82, 2.24) is 4.72 Å². The number of amidine groups is 2. The molecule has 1 aliphatic heterocycles. The minimum Gasteiger partial charge on any atom is -0.517 e. The zero-order valence-corrected chi connectivity index (χ0v) is 17.0. The molecule has 0 amide bonds. The SMILES string of the molecule is [C-]#[N+]c1cccc(NC2=NS(=O)(=O)NC2=N[C@H](CC)c2cc(C(C)C)co2)c1O. The number of para-hydroxylation sites is 1. The highest BCUT2D eigenvalue weighted by atomic mass is 32.2. The highest BCUT2D eigenvalue weighted by Gasteiger charge is 2.29. The van der Waals surface area contributed by atoms with E-state index in [1.807, 2.05) is 26.8 Å². The third-order valence-corrected chi connectivity index (χ3v) is 5.23. The van der Waals surface area contributed by atoms with E-state index in [1.165, 1.54) is 12.1 Å². The molecule has 152 valence electrons. The second kappa shape index (κ2) is 7.97. The lowest BCUT2D eigenvalue weighted by Crippen LogP contribution is -2.31. The number of phenols is 1. The Balaban J connectivity index is 1.95. The molecule has 3 N–H and O–H groups in total. The molecular formula is C19H21N5O4S. The fourth-order valence-electron chi connectivity index (χ4n) is 2.73. The predicted molar refractivity (Wildman–Crippen MR) is 111 cm³/mol. The van der Waals surface area contributed by atoms with E-state index >= 15 is 0 Å². The maximum atomic E-state index is 12.0. The van der Waals surface area contributed by atoms with Gasteiger partial charge in [0, 0.05) is 0 Å². The first-order valence-corrected chi connectivity index (χ1v) is 10.4. The number of anilines is 1. The maximum Gasteiger partial charge on any atom is 0.345 e. The van der Waals surface area contributed by atoms with Gasteiger partial charge in [-0.15, -0.1) is 4.40 Å². The van der Waals surface area contributed by atoms with E-state index in [0.717, 1.165) is 5.56 Å². The van der Waals surface area contributed by atoms with E-state index in [1.54, 1.807) is 12.3 Å². The molecular weight excluding hydrogens is 394 g/mol. The van der Waals surface area contributed by atoms with Crippen LogP contribution in [0.1, 0.15) is 50.5 Å². The van der Waals surface area contributed by atoms with Gasteiger partial charge < -0.3 is 14.8 Å². The second-order valence-corrected chi connectivity index (χ2v) is 8.10. The van der Waals surface area contributed by atoms with Crippen LogP contribution in [0, 0.1) is 6.57 Å². The topological polar surface area (TPSA) is 121 Å². The molecule has 3 rings (SSSR count). The third-order valence-electron chi connectivity index (χ3n) is 4.36. The zero-order valence-electron chi connectivity index (χ0n) is 16.2. The van der Waals surface area contributed by atoms with Crippen molar-refractivity contribution in [2.45, 2.75) is 39.2 Å². The summed E-state index contributed by atoms with van der Waals surface area (Å²) in [6, 6.07) is 6.00. The average Bonchev–Trinajstić information content (AvgIpc) is 3.26. The van der Waals surface area contributed by atoms with Crippen molar-refractivity contribution in [1.29, 1.82) is 0 Å². The monoisotopic (exact) mass is 415 g/mol. The lowest BCUT2D eigenvalue weighted by Gasteiger charge is -2.11. The molecule has 0 bridgehead atoms. The van der Waals surface area contributed by atoms with Crippen LogP contribution in [0.3, 0.4) is 0 Å². The Bertz CT molecular complexity index is 1130. The lowest BCUT2D eigenvalue weighted by atomic mass is 10.1. The van der Waals surface area contributed by atoms with Crippen LogP contribution in [-0.2, 0) is 10.2 Å². The number of benzene rings is 1. The standard InChI is InChI=1S/C19H21N5O4S/c1-5-13(16-9-12(10-28-16)11(2)3)21-18-19(24-29(26,27)23-18)22-15-8-6-7-14(20-4)17(15)25/h6-11,13,25H,5H2,1-3H3,(H,21,23)(H,22,24)/t13-/m1/s1. The van der Waals surface area contributed by atoms with Gasteiger partial charge in [0.15, 0.2) is 11.7 Å². The van der Waals surface area contributed by atoms with Gasteiger partial charge in [-0.1, -0.05) is 32.9 Å². The van der Waals surface area contributed by atoms with Crippen molar-refractivity contribution >= 4 is 33.3 Å². The summed E-state index contributed by atoms with van der Waals surface area (Å²) >= 11 is 0. The molecule has 2 heterocycles. The fraction of sp³-hybridized carbons (Fsp3) is 0.316. The van der Waals surface area contributed by atoms with E-state index in [9.17, 15) is 13.5 Å². The number of nitrogens with zero attached hydrogens (tertiary/aromatic N) is 3. The zero-order chi connectivity index (χ0) is 21.2. The van der Waals surface area contributed by atoms with E-state index in [2.05, 4.69) is 24.3 Å². The molecule has 29 heavy (non-hydrogen) atoms. The second-order valence-electron chi connectivity index (χ2n) is 6.77. The first-order valence-electron chi connectivity index (χ1n) is 8.99. The molecule has 0 saturated heterocycles. The lowest BCUT2D eigenvalue weighted by molar-refractivity contribution is 0.460. The van der Waals surface area contributed by atoms with Crippen LogP contribution in [-0.4, -0.2) is 25.2 Å². The van der Waals surface area contributed by atoms with Crippen molar-refractivity contribution in [3.63, 3.8) is 0 Å². The molecule has 1 atom stereocenters. The average molecular weight is 415 g/mol. The molecule has 9 nitrogen and oxygen atoms in total. The van der Waals surface area contributed by atoms with Gasteiger partial charge in [0.25, 0.3) is 0 Å². The molecule has 0 radical (unpaired) electrons. The van der Waals surface area contributed by atoms with Crippen molar-refractivity contribution in [2.75, 3.05) is 5.32 Å². The summed E-state index contributed by atoms with van der Waals surface area (Å²) < 4.78 is 35.5. The highest BCUT2D eigenvalue weighted by molar-refractivity contribution is 7.89.